The molecule has 0 fully saturated rings. The lowest BCUT2D eigenvalue weighted by Crippen LogP contribution is -2.40. The maximum Gasteiger partial charge on any atom is 0.119 e. The van der Waals surface area contributed by atoms with Crippen molar-refractivity contribution in [1.82, 2.24) is 5.32 Å². The molecule has 0 amide bonds. The van der Waals surface area contributed by atoms with E-state index >= 15 is 0 Å². The van der Waals surface area contributed by atoms with E-state index in [-0.39, 0.29) is 19.3 Å². The van der Waals surface area contributed by atoms with Crippen molar-refractivity contribution < 1.29 is 14.9 Å². The van der Waals surface area contributed by atoms with Crippen molar-refractivity contribution in [3.05, 3.63) is 29.3 Å². The van der Waals surface area contributed by atoms with E-state index < -0.39 is 6.10 Å². The standard InChI is InChI=1S/C17H29NO3/c1-12(2)5-15(10-19)18-9-16(20)11-21-17-7-13(3)6-14(4)8-17/h6-8,12,15-16,18-20H,5,9-11H2,1-4H3. The molecular weight excluding hydrogens is 266 g/mol. The van der Waals surface area contributed by atoms with Gasteiger partial charge in [0.15, 0.2) is 0 Å². The smallest absolute Gasteiger partial charge is 0.119 e. The average Bonchev–Trinajstić information content (AvgIpc) is 2.39. The van der Waals surface area contributed by atoms with Gasteiger partial charge in [-0.25, -0.2) is 0 Å². The van der Waals surface area contributed by atoms with Gasteiger partial charge in [-0.1, -0.05) is 19.9 Å². The quantitative estimate of drug-likeness (QED) is 0.652. The number of aryl methyl sites for hydroxylation is 2. The molecule has 1 aromatic rings. The number of hydrogen-bond donors (Lipinski definition) is 3. The molecule has 21 heavy (non-hydrogen) atoms. The van der Waals surface area contributed by atoms with E-state index in [2.05, 4.69) is 25.2 Å². The Kier molecular flexibility index (Phi) is 7.72. The molecule has 2 unspecified atom stereocenters. The second-order valence-corrected chi connectivity index (χ2v) is 6.21. The van der Waals surface area contributed by atoms with Crippen molar-refractivity contribution in [1.29, 1.82) is 0 Å². The van der Waals surface area contributed by atoms with Gasteiger partial charge in [-0.2, -0.15) is 0 Å². The van der Waals surface area contributed by atoms with E-state index in [0.29, 0.717) is 12.5 Å². The first-order valence-electron chi connectivity index (χ1n) is 7.64. The number of ether oxygens (including phenoxy) is 1. The van der Waals surface area contributed by atoms with Crippen molar-refractivity contribution in [3.63, 3.8) is 0 Å². The largest absolute Gasteiger partial charge is 0.491 e. The summed E-state index contributed by atoms with van der Waals surface area (Å²) >= 11 is 0. The van der Waals surface area contributed by atoms with Gasteiger partial charge >= 0.3 is 0 Å². The maximum absolute atomic E-state index is 9.96. The van der Waals surface area contributed by atoms with Crippen LogP contribution in [-0.4, -0.2) is 42.1 Å². The second kappa shape index (κ2) is 9.03. The topological polar surface area (TPSA) is 61.7 Å². The summed E-state index contributed by atoms with van der Waals surface area (Å²) in [6, 6.07) is 6.04. The molecule has 3 N–H and O–H groups in total. The monoisotopic (exact) mass is 295 g/mol. The molecule has 4 heteroatoms. The summed E-state index contributed by atoms with van der Waals surface area (Å²) < 4.78 is 5.62. The van der Waals surface area contributed by atoms with Crippen LogP contribution >= 0.6 is 0 Å². The lowest BCUT2D eigenvalue weighted by atomic mass is 10.0. The summed E-state index contributed by atoms with van der Waals surface area (Å²) in [5.74, 6) is 1.30. The van der Waals surface area contributed by atoms with Crippen LogP contribution in [0.15, 0.2) is 18.2 Å². The fourth-order valence-corrected chi connectivity index (χ4v) is 2.36. The summed E-state index contributed by atoms with van der Waals surface area (Å²) in [4.78, 5) is 0. The summed E-state index contributed by atoms with van der Waals surface area (Å²) in [6.45, 7) is 9.03. The second-order valence-electron chi connectivity index (χ2n) is 6.21. The van der Waals surface area contributed by atoms with Gasteiger partial charge in [0.1, 0.15) is 18.5 Å². The molecule has 1 aromatic carbocycles. The van der Waals surface area contributed by atoms with E-state index in [1.54, 1.807) is 0 Å². The number of rotatable bonds is 9. The van der Waals surface area contributed by atoms with Gasteiger partial charge < -0.3 is 20.3 Å². The molecule has 0 saturated heterocycles. The fourth-order valence-electron chi connectivity index (χ4n) is 2.36. The van der Waals surface area contributed by atoms with E-state index in [9.17, 15) is 10.2 Å². The lowest BCUT2D eigenvalue weighted by molar-refractivity contribution is 0.0981. The van der Waals surface area contributed by atoms with Crippen molar-refractivity contribution >= 4 is 0 Å². The van der Waals surface area contributed by atoms with Crippen LogP contribution in [0.25, 0.3) is 0 Å². The fraction of sp³-hybridized carbons (Fsp3) is 0.647. The number of benzene rings is 1. The third-order valence-electron chi connectivity index (χ3n) is 3.26. The first kappa shape index (κ1) is 18.0. The van der Waals surface area contributed by atoms with Gasteiger partial charge in [0.05, 0.1) is 6.61 Å². The van der Waals surface area contributed by atoms with Gasteiger partial charge in [0, 0.05) is 12.6 Å². The molecular formula is C17H29NO3. The third-order valence-corrected chi connectivity index (χ3v) is 3.26. The third kappa shape index (κ3) is 7.46. The van der Waals surface area contributed by atoms with E-state index in [4.69, 9.17) is 4.74 Å². The molecule has 120 valence electrons. The zero-order valence-electron chi connectivity index (χ0n) is 13.6. The normalized spacial score (nSPS) is 14.2. The molecule has 0 aliphatic heterocycles. The van der Waals surface area contributed by atoms with Crippen LogP contribution in [0, 0.1) is 19.8 Å². The predicted molar refractivity (Wildman–Crippen MR) is 85.7 cm³/mol. The number of aliphatic hydroxyl groups excluding tert-OH is 2. The molecule has 0 radical (unpaired) electrons. The van der Waals surface area contributed by atoms with E-state index in [1.165, 1.54) is 0 Å². The molecule has 0 spiro atoms. The van der Waals surface area contributed by atoms with Gasteiger partial charge in [0.25, 0.3) is 0 Å². The highest BCUT2D eigenvalue weighted by Gasteiger charge is 2.12. The van der Waals surface area contributed by atoms with Crippen LogP contribution in [0.4, 0.5) is 0 Å². The van der Waals surface area contributed by atoms with Crippen molar-refractivity contribution in [2.45, 2.75) is 46.3 Å². The van der Waals surface area contributed by atoms with E-state index in [0.717, 1.165) is 23.3 Å². The summed E-state index contributed by atoms with van der Waals surface area (Å²) in [7, 11) is 0. The molecule has 1 rings (SSSR count). The van der Waals surface area contributed by atoms with Crippen LogP contribution in [-0.2, 0) is 0 Å². The summed E-state index contributed by atoms with van der Waals surface area (Å²) in [5, 5.41) is 22.4. The molecule has 0 bridgehead atoms. The van der Waals surface area contributed by atoms with Crippen LogP contribution in [0.3, 0.4) is 0 Å². The molecule has 0 heterocycles. The Hall–Kier alpha value is -1.10. The van der Waals surface area contributed by atoms with Gasteiger partial charge in [0.2, 0.25) is 0 Å². The van der Waals surface area contributed by atoms with Crippen molar-refractivity contribution in [2.75, 3.05) is 19.8 Å². The van der Waals surface area contributed by atoms with Crippen LogP contribution in [0.5, 0.6) is 5.75 Å². The SMILES string of the molecule is Cc1cc(C)cc(OCC(O)CNC(CO)CC(C)C)c1. The summed E-state index contributed by atoms with van der Waals surface area (Å²) in [6.07, 6.45) is 0.299. The van der Waals surface area contributed by atoms with Gasteiger partial charge in [-0.3, -0.25) is 0 Å². The Morgan fingerprint density at radius 3 is 2.29 bits per heavy atom. The molecule has 0 aromatic heterocycles. The Morgan fingerprint density at radius 2 is 1.76 bits per heavy atom. The van der Waals surface area contributed by atoms with Gasteiger partial charge in [-0.05, 0) is 49.4 Å². The first-order valence-corrected chi connectivity index (χ1v) is 7.64. The molecule has 0 saturated carbocycles. The minimum Gasteiger partial charge on any atom is -0.491 e. The molecule has 0 aliphatic rings. The van der Waals surface area contributed by atoms with Crippen molar-refractivity contribution in [3.8, 4) is 5.75 Å². The lowest BCUT2D eigenvalue weighted by Gasteiger charge is -2.20. The average molecular weight is 295 g/mol. The van der Waals surface area contributed by atoms with Crippen LogP contribution in [0.2, 0.25) is 0 Å². The highest BCUT2D eigenvalue weighted by molar-refractivity contribution is 5.32. The highest BCUT2D eigenvalue weighted by atomic mass is 16.5. The zero-order chi connectivity index (χ0) is 15.8. The first-order chi connectivity index (χ1) is 9.90. The highest BCUT2D eigenvalue weighted by Crippen LogP contribution is 2.16. The van der Waals surface area contributed by atoms with Crippen LogP contribution in [0.1, 0.15) is 31.4 Å². The number of hydrogen-bond acceptors (Lipinski definition) is 4. The number of nitrogens with one attached hydrogen (secondary N) is 1. The Balaban J connectivity index is 2.34. The van der Waals surface area contributed by atoms with Crippen LogP contribution < -0.4 is 10.1 Å². The molecule has 4 nitrogen and oxygen atoms in total. The predicted octanol–water partition coefficient (Wildman–Crippen LogP) is 2.04. The Labute approximate surface area is 128 Å². The molecule has 2 atom stereocenters. The maximum atomic E-state index is 9.96. The van der Waals surface area contributed by atoms with Crippen molar-refractivity contribution in [2.24, 2.45) is 5.92 Å². The summed E-state index contributed by atoms with van der Waals surface area (Å²) in [5.41, 5.74) is 2.30. The Bertz CT molecular complexity index is 400. The Morgan fingerprint density at radius 1 is 1.14 bits per heavy atom. The minimum atomic E-state index is -0.591. The number of aliphatic hydroxyl groups is 2. The minimum absolute atomic E-state index is 0.0286. The zero-order valence-corrected chi connectivity index (χ0v) is 13.6. The molecule has 0 aliphatic carbocycles. The van der Waals surface area contributed by atoms with Gasteiger partial charge in [-0.15, -0.1) is 0 Å². The van der Waals surface area contributed by atoms with E-state index in [1.807, 2.05) is 26.0 Å².